The summed E-state index contributed by atoms with van der Waals surface area (Å²) in [6.07, 6.45) is 0.599. The van der Waals surface area contributed by atoms with Gasteiger partial charge in [0.15, 0.2) is 0 Å². The number of fused-ring (bicyclic) bond motifs is 2. The molecular weight excluding hydrogens is 331 g/mol. The molecular formula is C18H14ClFN2O2. The van der Waals surface area contributed by atoms with Crippen LogP contribution in [0.15, 0.2) is 42.5 Å². The van der Waals surface area contributed by atoms with Crippen LogP contribution in [-0.4, -0.2) is 11.8 Å². The largest absolute Gasteiger partial charge is 0.348 e. The summed E-state index contributed by atoms with van der Waals surface area (Å²) < 4.78 is 13.7. The summed E-state index contributed by atoms with van der Waals surface area (Å²) >= 11 is 6.03. The summed E-state index contributed by atoms with van der Waals surface area (Å²) in [4.78, 5) is 24.9. The van der Waals surface area contributed by atoms with Gasteiger partial charge in [-0.15, -0.1) is 0 Å². The van der Waals surface area contributed by atoms with Crippen LogP contribution in [0.5, 0.6) is 0 Å². The molecule has 0 aromatic heterocycles. The number of carbonyl (C=O) groups is 2. The van der Waals surface area contributed by atoms with E-state index in [1.54, 1.807) is 30.3 Å². The molecule has 0 aliphatic carbocycles. The minimum Gasteiger partial charge on any atom is -0.348 e. The predicted molar refractivity (Wildman–Crippen MR) is 88.3 cm³/mol. The Hall–Kier alpha value is -2.40. The third kappa shape index (κ3) is 2.12. The van der Waals surface area contributed by atoms with Gasteiger partial charge in [0, 0.05) is 17.1 Å². The summed E-state index contributed by atoms with van der Waals surface area (Å²) in [7, 11) is 0. The van der Waals surface area contributed by atoms with Gasteiger partial charge in [0.1, 0.15) is 11.2 Å². The maximum atomic E-state index is 13.7. The van der Waals surface area contributed by atoms with Crippen molar-refractivity contribution in [3.05, 3.63) is 64.4 Å². The number of piperidine rings is 1. The fourth-order valence-corrected chi connectivity index (χ4v) is 3.94. The second-order valence-corrected chi connectivity index (χ2v) is 6.61. The zero-order valence-electron chi connectivity index (χ0n) is 12.6. The summed E-state index contributed by atoms with van der Waals surface area (Å²) in [5.41, 5.74) is 1.04. The highest BCUT2D eigenvalue weighted by atomic mass is 35.5. The third-order valence-electron chi connectivity index (χ3n) is 4.84. The highest BCUT2D eigenvalue weighted by Crippen LogP contribution is 2.51. The molecule has 0 radical (unpaired) electrons. The molecule has 4 rings (SSSR count). The van der Waals surface area contributed by atoms with E-state index in [1.807, 2.05) is 0 Å². The molecule has 2 aromatic rings. The van der Waals surface area contributed by atoms with Crippen molar-refractivity contribution in [2.75, 3.05) is 5.32 Å². The Labute approximate surface area is 143 Å². The molecule has 2 heterocycles. The molecule has 2 amide bonds. The Morgan fingerprint density at radius 3 is 2.79 bits per heavy atom. The fraction of sp³-hybridized carbons (Fsp3) is 0.222. The molecule has 122 valence electrons. The number of nitrogens with one attached hydrogen (secondary N) is 2. The van der Waals surface area contributed by atoms with Gasteiger partial charge in [-0.3, -0.25) is 9.59 Å². The number of amides is 2. The zero-order valence-corrected chi connectivity index (χ0v) is 13.4. The van der Waals surface area contributed by atoms with Crippen molar-refractivity contribution in [3.8, 4) is 0 Å². The number of halogens is 2. The van der Waals surface area contributed by atoms with Gasteiger partial charge in [-0.25, -0.2) is 4.39 Å². The smallest absolute Gasteiger partial charge is 0.237 e. The molecule has 2 aliphatic heterocycles. The average molecular weight is 345 g/mol. The van der Waals surface area contributed by atoms with E-state index in [1.165, 1.54) is 12.1 Å². The van der Waals surface area contributed by atoms with Gasteiger partial charge in [-0.05, 0) is 41.8 Å². The average Bonchev–Trinajstić information content (AvgIpc) is 2.81. The molecule has 0 saturated carbocycles. The molecule has 6 heteroatoms. The first-order valence-electron chi connectivity index (χ1n) is 7.67. The SMILES string of the molecule is O=C1CCC2(C(=O)Nc3cc(Cl)ccc32)C(c2cccc(F)c2)N1. The van der Waals surface area contributed by atoms with Crippen LogP contribution in [0.4, 0.5) is 10.1 Å². The van der Waals surface area contributed by atoms with Gasteiger partial charge in [-0.1, -0.05) is 29.8 Å². The van der Waals surface area contributed by atoms with Crippen LogP contribution in [0.25, 0.3) is 0 Å². The molecule has 2 N–H and O–H groups in total. The first kappa shape index (κ1) is 15.1. The molecule has 4 nitrogen and oxygen atoms in total. The van der Waals surface area contributed by atoms with E-state index in [4.69, 9.17) is 11.6 Å². The molecule has 1 saturated heterocycles. The number of carbonyl (C=O) groups excluding carboxylic acids is 2. The molecule has 2 atom stereocenters. The van der Waals surface area contributed by atoms with Crippen molar-refractivity contribution >= 4 is 29.1 Å². The molecule has 24 heavy (non-hydrogen) atoms. The molecule has 2 aromatic carbocycles. The summed E-state index contributed by atoms with van der Waals surface area (Å²) in [5.74, 6) is -0.753. The Kier molecular flexibility index (Phi) is 3.35. The molecule has 1 spiro atoms. The number of rotatable bonds is 1. The number of benzene rings is 2. The lowest BCUT2D eigenvalue weighted by Crippen LogP contribution is -2.52. The molecule has 1 fully saturated rings. The van der Waals surface area contributed by atoms with Gasteiger partial charge < -0.3 is 10.6 Å². The van der Waals surface area contributed by atoms with Crippen molar-refractivity contribution in [3.63, 3.8) is 0 Å². The van der Waals surface area contributed by atoms with Crippen molar-refractivity contribution in [2.24, 2.45) is 0 Å². The minimum absolute atomic E-state index is 0.148. The van der Waals surface area contributed by atoms with Crippen molar-refractivity contribution in [1.82, 2.24) is 5.32 Å². The fourth-order valence-electron chi connectivity index (χ4n) is 3.77. The predicted octanol–water partition coefficient (Wildman–Crippen LogP) is 3.32. The van der Waals surface area contributed by atoms with E-state index in [-0.39, 0.29) is 18.2 Å². The van der Waals surface area contributed by atoms with E-state index in [2.05, 4.69) is 10.6 Å². The van der Waals surface area contributed by atoms with Crippen LogP contribution >= 0.6 is 11.6 Å². The zero-order chi connectivity index (χ0) is 16.9. The van der Waals surface area contributed by atoms with E-state index in [9.17, 15) is 14.0 Å². The van der Waals surface area contributed by atoms with Gasteiger partial charge in [0.05, 0.1) is 6.04 Å². The van der Waals surface area contributed by atoms with Crippen molar-refractivity contribution < 1.29 is 14.0 Å². The topological polar surface area (TPSA) is 58.2 Å². The van der Waals surface area contributed by atoms with E-state index < -0.39 is 17.3 Å². The lowest BCUT2D eigenvalue weighted by Gasteiger charge is -2.40. The van der Waals surface area contributed by atoms with Gasteiger partial charge in [0.25, 0.3) is 0 Å². The normalized spacial score (nSPS) is 25.3. The molecule has 0 bridgehead atoms. The second kappa shape index (κ2) is 5.31. The maximum absolute atomic E-state index is 13.7. The number of hydrogen-bond donors (Lipinski definition) is 2. The Morgan fingerprint density at radius 2 is 2.00 bits per heavy atom. The second-order valence-electron chi connectivity index (χ2n) is 6.17. The van der Waals surface area contributed by atoms with E-state index in [0.717, 1.165) is 5.56 Å². The number of hydrogen-bond acceptors (Lipinski definition) is 2. The van der Waals surface area contributed by atoms with Gasteiger partial charge in [0.2, 0.25) is 11.8 Å². The lowest BCUT2D eigenvalue weighted by atomic mass is 9.67. The third-order valence-corrected chi connectivity index (χ3v) is 5.08. The lowest BCUT2D eigenvalue weighted by molar-refractivity contribution is -0.130. The van der Waals surface area contributed by atoms with Crippen LogP contribution in [0, 0.1) is 5.82 Å². The Bertz CT molecular complexity index is 870. The Balaban J connectivity index is 1.91. The maximum Gasteiger partial charge on any atom is 0.237 e. The first-order valence-corrected chi connectivity index (χ1v) is 8.05. The van der Waals surface area contributed by atoms with Gasteiger partial charge >= 0.3 is 0 Å². The van der Waals surface area contributed by atoms with Gasteiger partial charge in [-0.2, -0.15) is 0 Å². The van der Waals surface area contributed by atoms with Crippen LogP contribution in [0.3, 0.4) is 0 Å². The minimum atomic E-state index is -0.957. The van der Waals surface area contributed by atoms with Crippen LogP contribution in [0.2, 0.25) is 5.02 Å². The summed E-state index contributed by atoms with van der Waals surface area (Å²) in [6, 6.07) is 10.6. The Morgan fingerprint density at radius 1 is 1.17 bits per heavy atom. The summed E-state index contributed by atoms with van der Waals surface area (Å²) in [6.45, 7) is 0. The summed E-state index contributed by atoms with van der Waals surface area (Å²) in [5, 5.41) is 6.26. The monoisotopic (exact) mass is 344 g/mol. The van der Waals surface area contributed by atoms with Crippen molar-refractivity contribution in [1.29, 1.82) is 0 Å². The quantitative estimate of drug-likeness (QED) is 0.833. The molecule has 2 aliphatic rings. The first-order chi connectivity index (χ1) is 11.5. The molecule has 2 unspecified atom stereocenters. The highest BCUT2D eigenvalue weighted by Gasteiger charge is 2.55. The number of anilines is 1. The van der Waals surface area contributed by atoms with Crippen LogP contribution in [-0.2, 0) is 15.0 Å². The van der Waals surface area contributed by atoms with Crippen LogP contribution in [0.1, 0.15) is 30.0 Å². The van der Waals surface area contributed by atoms with E-state index >= 15 is 0 Å². The standard InChI is InChI=1S/C18H14ClFN2O2/c19-11-4-5-13-14(9-11)21-17(24)18(13)7-6-15(23)22-16(18)10-2-1-3-12(20)8-10/h1-5,8-9,16H,6-7H2,(H,21,24)(H,22,23). The van der Waals surface area contributed by atoms with Crippen molar-refractivity contribution in [2.45, 2.75) is 24.3 Å². The van der Waals surface area contributed by atoms with Crippen LogP contribution < -0.4 is 10.6 Å². The van der Waals surface area contributed by atoms with E-state index in [0.29, 0.717) is 22.7 Å². The highest BCUT2D eigenvalue weighted by molar-refractivity contribution is 6.31.